The van der Waals surface area contributed by atoms with Crippen LogP contribution in [0.4, 0.5) is 4.79 Å². The van der Waals surface area contributed by atoms with E-state index < -0.39 is 11.6 Å². The van der Waals surface area contributed by atoms with E-state index in [9.17, 15) is 14.4 Å². The van der Waals surface area contributed by atoms with Gasteiger partial charge in [0.2, 0.25) is 5.91 Å². The average molecular weight is 311 g/mol. The third-order valence-electron chi connectivity index (χ3n) is 3.86. The molecule has 1 N–H and O–H groups in total. The third kappa shape index (κ3) is 3.78. The summed E-state index contributed by atoms with van der Waals surface area (Å²) >= 11 is 0. The summed E-state index contributed by atoms with van der Waals surface area (Å²) in [5.41, 5.74) is -0.911. The van der Waals surface area contributed by atoms with Crippen molar-refractivity contribution in [3.8, 4) is 0 Å². The number of carbonyl (C=O) groups excluding carboxylic acids is 3. The van der Waals surface area contributed by atoms with Crippen molar-refractivity contribution in [2.45, 2.75) is 72.5 Å². The van der Waals surface area contributed by atoms with Crippen molar-refractivity contribution in [3.05, 3.63) is 0 Å². The van der Waals surface area contributed by atoms with Gasteiger partial charge in [0.25, 0.3) is 5.91 Å². The van der Waals surface area contributed by atoms with E-state index in [1.165, 1.54) is 0 Å². The number of urea groups is 1. The first-order chi connectivity index (χ1) is 9.99. The molecule has 1 unspecified atom stereocenters. The number of rotatable bonds is 6. The second-order valence-electron chi connectivity index (χ2n) is 7.24. The molecule has 1 fully saturated rings. The van der Waals surface area contributed by atoms with Gasteiger partial charge in [-0.3, -0.25) is 14.5 Å². The smallest absolute Gasteiger partial charge is 0.325 e. The molecule has 0 saturated carbocycles. The molecule has 126 valence electrons. The molecule has 0 spiro atoms. The summed E-state index contributed by atoms with van der Waals surface area (Å²) in [7, 11) is 0. The van der Waals surface area contributed by atoms with Crippen LogP contribution in [0.15, 0.2) is 0 Å². The molecule has 0 aliphatic carbocycles. The maximum Gasteiger partial charge on any atom is 0.325 e. The lowest BCUT2D eigenvalue weighted by atomic mass is 9.91. The highest BCUT2D eigenvalue weighted by Gasteiger charge is 2.48. The molecule has 6 nitrogen and oxygen atoms in total. The zero-order valence-corrected chi connectivity index (χ0v) is 14.8. The van der Waals surface area contributed by atoms with Crippen molar-refractivity contribution in [3.63, 3.8) is 0 Å². The van der Waals surface area contributed by atoms with E-state index in [0.29, 0.717) is 6.42 Å². The minimum absolute atomic E-state index is 0.0234. The van der Waals surface area contributed by atoms with Crippen LogP contribution in [-0.2, 0) is 9.59 Å². The first-order valence-corrected chi connectivity index (χ1v) is 7.95. The van der Waals surface area contributed by atoms with Gasteiger partial charge >= 0.3 is 6.03 Å². The van der Waals surface area contributed by atoms with Gasteiger partial charge < -0.3 is 10.2 Å². The second kappa shape index (κ2) is 6.67. The molecule has 1 heterocycles. The molecule has 22 heavy (non-hydrogen) atoms. The van der Waals surface area contributed by atoms with Gasteiger partial charge in [-0.15, -0.1) is 0 Å². The van der Waals surface area contributed by atoms with Crippen LogP contribution in [0.3, 0.4) is 0 Å². The molecule has 0 bridgehead atoms. The highest BCUT2D eigenvalue weighted by Crippen LogP contribution is 2.25. The predicted octanol–water partition coefficient (Wildman–Crippen LogP) is 1.99. The zero-order chi connectivity index (χ0) is 17.2. The summed E-state index contributed by atoms with van der Waals surface area (Å²) in [6, 6.07) is -0.431. The Kier molecular flexibility index (Phi) is 5.59. The largest absolute Gasteiger partial charge is 0.336 e. The molecule has 0 radical (unpaired) electrons. The first kappa shape index (κ1) is 18.5. The standard InChI is InChI=1S/C16H29N3O3/c1-10(2)8-16(7)14(21)18(15(22)17-16)9-13(20)19(11(3)4)12(5)6/h10-12H,8-9H2,1-7H3,(H,17,22). The van der Waals surface area contributed by atoms with Crippen molar-refractivity contribution in [2.24, 2.45) is 5.92 Å². The van der Waals surface area contributed by atoms with Crippen LogP contribution in [0.1, 0.15) is 54.9 Å². The Balaban J connectivity index is 2.88. The molecule has 6 heteroatoms. The fraction of sp³-hybridized carbons (Fsp3) is 0.812. The van der Waals surface area contributed by atoms with Crippen LogP contribution in [0.25, 0.3) is 0 Å². The minimum Gasteiger partial charge on any atom is -0.336 e. The summed E-state index contributed by atoms with van der Waals surface area (Å²) in [5.74, 6) is -0.248. The predicted molar refractivity (Wildman–Crippen MR) is 85.2 cm³/mol. The van der Waals surface area contributed by atoms with Gasteiger partial charge in [0.1, 0.15) is 12.1 Å². The molecule has 1 aliphatic heterocycles. The Morgan fingerprint density at radius 1 is 1.14 bits per heavy atom. The molecule has 0 aromatic rings. The number of nitrogens with zero attached hydrogens (tertiary/aromatic N) is 2. The zero-order valence-electron chi connectivity index (χ0n) is 14.8. The second-order valence-corrected chi connectivity index (χ2v) is 7.24. The number of imide groups is 1. The van der Waals surface area contributed by atoms with Crippen molar-refractivity contribution >= 4 is 17.8 Å². The fourth-order valence-corrected chi connectivity index (χ4v) is 3.23. The molecule has 1 saturated heterocycles. The van der Waals surface area contributed by atoms with Crippen molar-refractivity contribution in [2.75, 3.05) is 6.54 Å². The van der Waals surface area contributed by atoms with Crippen LogP contribution in [-0.4, -0.2) is 51.8 Å². The van der Waals surface area contributed by atoms with Gasteiger partial charge in [-0.25, -0.2) is 4.79 Å². The van der Waals surface area contributed by atoms with E-state index in [0.717, 1.165) is 4.90 Å². The Hall–Kier alpha value is -1.59. The normalized spacial score (nSPS) is 22.0. The summed E-state index contributed by atoms with van der Waals surface area (Å²) in [5, 5.41) is 2.73. The number of hydrogen-bond acceptors (Lipinski definition) is 3. The number of nitrogens with one attached hydrogen (secondary N) is 1. The van der Waals surface area contributed by atoms with Crippen molar-refractivity contribution in [1.82, 2.24) is 15.1 Å². The summed E-state index contributed by atoms with van der Waals surface area (Å²) in [4.78, 5) is 39.8. The average Bonchev–Trinajstić information content (AvgIpc) is 2.50. The number of amides is 4. The van der Waals surface area contributed by atoms with Crippen LogP contribution in [0.2, 0.25) is 0 Å². The van der Waals surface area contributed by atoms with Gasteiger partial charge in [-0.05, 0) is 47.0 Å². The maximum absolute atomic E-state index is 12.5. The molecule has 1 rings (SSSR count). The van der Waals surface area contributed by atoms with E-state index >= 15 is 0 Å². The lowest BCUT2D eigenvalue weighted by molar-refractivity contribution is -0.141. The fourth-order valence-electron chi connectivity index (χ4n) is 3.23. The van der Waals surface area contributed by atoms with Gasteiger partial charge in [0.15, 0.2) is 0 Å². The van der Waals surface area contributed by atoms with Gasteiger partial charge in [0.05, 0.1) is 0 Å². The summed E-state index contributed by atoms with van der Waals surface area (Å²) < 4.78 is 0. The Labute approximate surface area is 133 Å². The quantitative estimate of drug-likeness (QED) is 0.763. The van der Waals surface area contributed by atoms with E-state index in [1.54, 1.807) is 11.8 Å². The molecule has 1 aliphatic rings. The molecular formula is C16H29N3O3. The molecular weight excluding hydrogens is 282 g/mol. The molecule has 0 aromatic heterocycles. The molecule has 0 aromatic carbocycles. The van der Waals surface area contributed by atoms with E-state index in [1.807, 2.05) is 41.5 Å². The lowest BCUT2D eigenvalue weighted by Crippen LogP contribution is -2.49. The van der Waals surface area contributed by atoms with Crippen LogP contribution < -0.4 is 5.32 Å². The van der Waals surface area contributed by atoms with Crippen molar-refractivity contribution < 1.29 is 14.4 Å². The SMILES string of the molecule is CC(C)CC1(C)NC(=O)N(CC(=O)N(C(C)C)C(C)C)C1=O. The highest BCUT2D eigenvalue weighted by atomic mass is 16.2. The number of carbonyl (C=O) groups is 3. The number of hydrogen-bond donors (Lipinski definition) is 1. The highest BCUT2D eigenvalue weighted by molar-refractivity contribution is 6.08. The van der Waals surface area contributed by atoms with Gasteiger partial charge in [-0.1, -0.05) is 13.8 Å². The first-order valence-electron chi connectivity index (χ1n) is 7.95. The van der Waals surface area contributed by atoms with Gasteiger partial charge in [-0.2, -0.15) is 0 Å². The van der Waals surface area contributed by atoms with E-state index in [4.69, 9.17) is 0 Å². The van der Waals surface area contributed by atoms with E-state index in [2.05, 4.69) is 5.32 Å². The molecule has 1 atom stereocenters. The third-order valence-corrected chi connectivity index (χ3v) is 3.86. The Morgan fingerprint density at radius 3 is 2.05 bits per heavy atom. The van der Waals surface area contributed by atoms with Gasteiger partial charge in [0, 0.05) is 12.1 Å². The topological polar surface area (TPSA) is 69.7 Å². The van der Waals surface area contributed by atoms with Crippen LogP contribution in [0, 0.1) is 5.92 Å². The van der Waals surface area contributed by atoms with Crippen molar-refractivity contribution in [1.29, 1.82) is 0 Å². The minimum atomic E-state index is -0.911. The Bertz CT molecular complexity index is 452. The van der Waals surface area contributed by atoms with E-state index in [-0.39, 0.29) is 36.4 Å². The van der Waals surface area contributed by atoms with Crippen LogP contribution >= 0.6 is 0 Å². The maximum atomic E-state index is 12.5. The van der Waals surface area contributed by atoms with Crippen LogP contribution in [0.5, 0.6) is 0 Å². The molecule has 4 amide bonds. The summed E-state index contributed by atoms with van der Waals surface area (Å²) in [6.45, 7) is 13.2. The lowest BCUT2D eigenvalue weighted by Gasteiger charge is -2.32. The Morgan fingerprint density at radius 2 is 1.64 bits per heavy atom. The summed E-state index contributed by atoms with van der Waals surface area (Å²) in [6.07, 6.45) is 0.556. The monoisotopic (exact) mass is 311 g/mol.